The van der Waals surface area contributed by atoms with Crippen LogP contribution in [0.15, 0.2) is 42.5 Å². The van der Waals surface area contributed by atoms with Crippen molar-refractivity contribution in [2.24, 2.45) is 13.0 Å². The number of sulfonamides is 1. The molecule has 3 aliphatic rings. The third kappa shape index (κ3) is 7.23. The lowest BCUT2D eigenvalue weighted by Crippen LogP contribution is -2.35. The second-order valence-corrected chi connectivity index (χ2v) is 18.1. The summed E-state index contributed by atoms with van der Waals surface area (Å²) in [7, 11) is -2.22. The number of aliphatic hydroxyl groups is 1. The van der Waals surface area contributed by atoms with E-state index < -0.39 is 86.6 Å². The Morgan fingerprint density at radius 3 is 2.47 bits per heavy atom. The number of halogens is 7. The normalized spacial score (nSPS) is 19.4. The topological polar surface area (TPSA) is 169 Å². The predicted octanol–water partition coefficient (Wildman–Crippen LogP) is 6.36. The van der Waals surface area contributed by atoms with E-state index in [9.17, 15) is 40.3 Å². The van der Waals surface area contributed by atoms with E-state index in [4.69, 9.17) is 4.98 Å². The van der Waals surface area contributed by atoms with Gasteiger partial charge in [-0.15, -0.1) is 0 Å². The number of alkyl halides is 5. The fourth-order valence-electron chi connectivity index (χ4n) is 7.95. The van der Waals surface area contributed by atoms with Crippen LogP contribution < -0.4 is 15.4 Å². The molecule has 0 saturated heterocycles. The fraction of sp³-hybridized carbons (Fsp3) is 0.378. The minimum atomic E-state index is -5.07. The Kier molecular flexibility index (Phi) is 8.84. The lowest BCUT2D eigenvalue weighted by atomic mass is 9.94. The number of benzene rings is 2. The smallest absolute Gasteiger partial charge is 0.388 e. The molecule has 0 radical (unpaired) electrons. The molecule has 6 aromatic rings. The number of rotatable bonds is 12. The zero-order valence-electron chi connectivity index (χ0n) is 30.8. The van der Waals surface area contributed by atoms with E-state index >= 15 is 8.78 Å². The Labute approximate surface area is 333 Å². The molecule has 4 aromatic heterocycles. The van der Waals surface area contributed by atoms with Crippen molar-refractivity contribution in [2.75, 3.05) is 22.8 Å². The highest BCUT2D eigenvalue weighted by atomic mass is 32.2. The summed E-state index contributed by atoms with van der Waals surface area (Å²) in [5, 5.41) is 24.8. The number of pyridine rings is 1. The van der Waals surface area contributed by atoms with Crippen molar-refractivity contribution in [1.82, 2.24) is 34.8 Å². The van der Waals surface area contributed by atoms with Crippen LogP contribution in [-0.2, 0) is 46.9 Å². The van der Waals surface area contributed by atoms with Crippen molar-refractivity contribution in [2.45, 2.75) is 61.9 Å². The molecule has 13 nitrogen and oxygen atoms in total. The van der Waals surface area contributed by atoms with Gasteiger partial charge in [0.15, 0.2) is 22.3 Å². The van der Waals surface area contributed by atoms with Gasteiger partial charge in [-0.2, -0.15) is 32.1 Å². The zero-order valence-corrected chi connectivity index (χ0v) is 32.5. The molecule has 1 amide bonds. The highest BCUT2D eigenvalue weighted by Crippen LogP contribution is 2.68. The van der Waals surface area contributed by atoms with Crippen LogP contribution in [-0.4, -0.2) is 67.4 Å². The number of hydrogen-bond acceptors (Lipinski definition) is 10. The van der Waals surface area contributed by atoms with E-state index in [-0.39, 0.29) is 42.1 Å². The highest BCUT2D eigenvalue weighted by molar-refractivity contribution is 7.92. The summed E-state index contributed by atoms with van der Waals surface area (Å²) in [5.41, 5.74) is -2.64. The SMILES string of the molecule is Cn1nc(NS(C)(=O)=O)c2cccc(-c3cc4sc(NCC5(O)CC5)nc4nc3[C@H](Cc3cc(F)cc(F)c3)NC(=O)Cn3nc(C(F)(F)F)c4c3C(F)(F)[C@@H]3C[C@H]43)c21. The summed E-state index contributed by atoms with van der Waals surface area (Å²) < 4.78 is 132. The number of nitrogens with zero attached hydrogens (tertiary/aromatic N) is 6. The number of para-hydroxylation sites is 1. The van der Waals surface area contributed by atoms with E-state index in [0.29, 0.717) is 55.5 Å². The van der Waals surface area contributed by atoms with Crippen molar-refractivity contribution >= 4 is 59.5 Å². The van der Waals surface area contributed by atoms with Crippen LogP contribution >= 0.6 is 11.3 Å². The van der Waals surface area contributed by atoms with Crippen molar-refractivity contribution < 1.29 is 49.1 Å². The number of carbonyl (C=O) groups excluding carboxylic acids is 1. The van der Waals surface area contributed by atoms with E-state index in [2.05, 4.69) is 30.5 Å². The molecule has 2 fully saturated rings. The van der Waals surface area contributed by atoms with Crippen LogP contribution in [0.25, 0.3) is 32.4 Å². The number of anilines is 2. The molecule has 2 aromatic carbocycles. The predicted molar refractivity (Wildman–Crippen MR) is 201 cm³/mol. The molecule has 0 unspecified atom stereocenters. The first-order valence-electron chi connectivity index (χ1n) is 18.2. The molecule has 310 valence electrons. The van der Waals surface area contributed by atoms with Gasteiger partial charge in [0.1, 0.15) is 23.9 Å². The third-order valence-corrected chi connectivity index (χ3v) is 12.3. The van der Waals surface area contributed by atoms with Crippen molar-refractivity contribution in [3.63, 3.8) is 0 Å². The Hall–Kier alpha value is -5.35. The average Bonchev–Trinajstić information content (AvgIpc) is 3.93. The van der Waals surface area contributed by atoms with E-state index in [1.54, 1.807) is 31.3 Å². The lowest BCUT2D eigenvalue weighted by Gasteiger charge is -2.23. The number of hydrogen-bond donors (Lipinski definition) is 4. The van der Waals surface area contributed by atoms with Crippen molar-refractivity contribution in [3.05, 3.63) is 82.3 Å². The number of thiazole rings is 1. The Balaban J connectivity index is 1.18. The van der Waals surface area contributed by atoms with Crippen LogP contribution in [0.4, 0.5) is 41.7 Å². The van der Waals surface area contributed by atoms with Gasteiger partial charge in [0.25, 0.3) is 5.92 Å². The maximum atomic E-state index is 15.4. The fourth-order valence-corrected chi connectivity index (χ4v) is 9.30. The number of carbonyl (C=O) groups is 1. The number of aryl methyl sites for hydroxylation is 1. The molecule has 22 heteroatoms. The standard InChI is InChI=1S/C37H32F7N9O4S2/c1-52-29-19(4-3-5-20(29)32(50-52)51-59(2,56)57)21-13-25-33(48-34(58-25)45-15-35(55)6-7-35)47-28(21)24(10-16-8-17(38)11-18(39)9-16)46-26(54)14-53-31-27(30(49-53)37(42,43)44)22-12-23(22)36(31,40)41/h3-5,8-9,11,13,22-24,55H,6-7,10,12,14-15H2,1-2H3,(H,46,54)(H,50,51)(H,45,47,48)/t22-,23+,24-/m0/s1. The van der Waals surface area contributed by atoms with Crippen molar-refractivity contribution in [3.8, 4) is 11.1 Å². The van der Waals surface area contributed by atoms with E-state index in [1.165, 1.54) is 16.0 Å². The van der Waals surface area contributed by atoms with Gasteiger partial charge in [-0.1, -0.05) is 23.5 Å². The first-order chi connectivity index (χ1) is 27.7. The highest BCUT2D eigenvalue weighted by Gasteiger charge is 2.68. The summed E-state index contributed by atoms with van der Waals surface area (Å²) in [6.07, 6.45) is -3.42. The van der Waals surface area contributed by atoms with Crippen LogP contribution in [0.1, 0.15) is 59.4 Å². The summed E-state index contributed by atoms with van der Waals surface area (Å²) in [6.45, 7) is -0.862. The summed E-state index contributed by atoms with van der Waals surface area (Å²) >= 11 is 1.19. The molecule has 4 heterocycles. The summed E-state index contributed by atoms with van der Waals surface area (Å²) in [5.74, 6) is -9.01. The molecule has 3 aliphatic carbocycles. The Bertz CT molecular complexity index is 2810. The van der Waals surface area contributed by atoms with Gasteiger partial charge in [-0.05, 0) is 61.4 Å². The molecule has 4 N–H and O–H groups in total. The average molecular weight is 864 g/mol. The molecular formula is C37H32F7N9O4S2. The molecular weight excluding hydrogens is 832 g/mol. The quantitative estimate of drug-likeness (QED) is 0.102. The van der Waals surface area contributed by atoms with Crippen molar-refractivity contribution in [1.29, 1.82) is 0 Å². The number of nitrogens with one attached hydrogen (secondary N) is 3. The molecule has 3 atom stereocenters. The largest absolute Gasteiger partial charge is 0.435 e. The lowest BCUT2D eigenvalue weighted by molar-refractivity contribution is -0.142. The minimum absolute atomic E-state index is 0.00392. The molecule has 0 spiro atoms. The third-order valence-electron chi connectivity index (χ3n) is 10.8. The summed E-state index contributed by atoms with van der Waals surface area (Å²) in [4.78, 5) is 23.4. The van der Waals surface area contributed by atoms with Crippen LogP contribution in [0.5, 0.6) is 0 Å². The molecule has 0 bridgehead atoms. The van der Waals surface area contributed by atoms with Crippen LogP contribution in [0, 0.1) is 17.6 Å². The van der Waals surface area contributed by atoms with E-state index in [1.807, 2.05) is 0 Å². The maximum absolute atomic E-state index is 15.4. The van der Waals surface area contributed by atoms with Gasteiger partial charge < -0.3 is 15.7 Å². The second-order valence-electron chi connectivity index (χ2n) is 15.3. The van der Waals surface area contributed by atoms with Gasteiger partial charge in [0, 0.05) is 47.7 Å². The van der Waals surface area contributed by atoms with Gasteiger partial charge >= 0.3 is 6.18 Å². The first-order valence-corrected chi connectivity index (χ1v) is 20.9. The second kappa shape index (κ2) is 13.3. The molecule has 0 aliphatic heterocycles. The monoisotopic (exact) mass is 863 g/mol. The van der Waals surface area contributed by atoms with Gasteiger partial charge in [-0.25, -0.2) is 27.2 Å². The minimum Gasteiger partial charge on any atom is -0.388 e. The number of aromatic nitrogens is 6. The molecule has 59 heavy (non-hydrogen) atoms. The van der Waals surface area contributed by atoms with Gasteiger partial charge in [0.05, 0.1) is 33.8 Å². The maximum Gasteiger partial charge on any atom is 0.435 e. The van der Waals surface area contributed by atoms with Crippen LogP contribution in [0.2, 0.25) is 0 Å². The zero-order chi connectivity index (χ0) is 42.0. The first kappa shape index (κ1) is 39.1. The molecule has 2 saturated carbocycles. The van der Waals surface area contributed by atoms with E-state index in [0.717, 1.165) is 18.4 Å². The van der Waals surface area contributed by atoms with Gasteiger partial charge in [-0.3, -0.25) is 18.9 Å². The Morgan fingerprint density at radius 1 is 1.07 bits per heavy atom. The Morgan fingerprint density at radius 2 is 1.80 bits per heavy atom. The molecule has 9 rings (SSSR count). The van der Waals surface area contributed by atoms with Gasteiger partial charge in [0.2, 0.25) is 15.9 Å². The van der Waals surface area contributed by atoms with Crippen LogP contribution in [0.3, 0.4) is 0 Å². The summed E-state index contributed by atoms with van der Waals surface area (Å²) in [6, 6.07) is 7.92. The number of fused-ring (bicyclic) bond motifs is 5. The number of amides is 1.